The van der Waals surface area contributed by atoms with E-state index in [1.165, 1.54) is 28.5 Å². The first-order chi connectivity index (χ1) is 13.0. The Morgan fingerprint density at radius 1 is 1.30 bits per heavy atom. The normalized spacial score (nSPS) is 11.2. The number of carbonyl (C=O) groups is 1. The van der Waals surface area contributed by atoms with Gasteiger partial charge in [-0.1, -0.05) is 41.6 Å². The molecule has 0 saturated carbocycles. The molecular weight excluding hydrogens is 376 g/mol. The van der Waals surface area contributed by atoms with Gasteiger partial charge in [0.1, 0.15) is 5.82 Å². The number of hydrogen-bond acceptors (Lipinski definition) is 5. The van der Waals surface area contributed by atoms with Crippen molar-refractivity contribution in [1.82, 2.24) is 20.1 Å². The molecule has 1 N–H and O–H groups in total. The van der Waals surface area contributed by atoms with E-state index < -0.39 is 0 Å². The van der Waals surface area contributed by atoms with Crippen LogP contribution in [0, 0.1) is 13.8 Å². The summed E-state index contributed by atoms with van der Waals surface area (Å²) < 4.78 is 0. The summed E-state index contributed by atoms with van der Waals surface area (Å²) in [5.74, 6) is 1.05. The predicted molar refractivity (Wildman–Crippen MR) is 113 cm³/mol. The number of hydrogen-bond donors (Lipinski definition) is 1. The van der Waals surface area contributed by atoms with E-state index in [1.54, 1.807) is 16.2 Å². The minimum Gasteiger partial charge on any atom is -0.341 e. The SMILES string of the molecule is Cc1ccc(CN(C)C(=O)CSc2n[nH]c(/C=C/c3cccs3)n2)c(C)c1. The van der Waals surface area contributed by atoms with E-state index in [2.05, 4.69) is 47.2 Å². The van der Waals surface area contributed by atoms with Crippen LogP contribution in [0.25, 0.3) is 12.2 Å². The van der Waals surface area contributed by atoms with E-state index in [-0.39, 0.29) is 5.91 Å². The number of aromatic amines is 1. The lowest BCUT2D eigenvalue weighted by atomic mass is 10.1. The van der Waals surface area contributed by atoms with Crippen molar-refractivity contribution in [2.24, 2.45) is 0 Å². The number of thioether (sulfide) groups is 1. The molecule has 0 aliphatic rings. The average Bonchev–Trinajstić information content (AvgIpc) is 3.31. The first-order valence-corrected chi connectivity index (χ1v) is 10.4. The van der Waals surface area contributed by atoms with Crippen LogP contribution in [0.5, 0.6) is 0 Å². The lowest BCUT2D eigenvalue weighted by molar-refractivity contribution is -0.127. The maximum atomic E-state index is 12.4. The molecule has 1 amide bonds. The molecule has 0 saturated heterocycles. The Bertz CT molecular complexity index is 931. The highest BCUT2D eigenvalue weighted by atomic mass is 32.2. The van der Waals surface area contributed by atoms with Gasteiger partial charge in [-0.05, 0) is 48.6 Å². The molecule has 0 aliphatic heterocycles. The summed E-state index contributed by atoms with van der Waals surface area (Å²) in [6, 6.07) is 10.3. The molecule has 140 valence electrons. The fourth-order valence-electron chi connectivity index (χ4n) is 2.55. The zero-order valence-electron chi connectivity index (χ0n) is 15.6. The molecule has 0 fully saturated rings. The average molecular weight is 399 g/mol. The molecule has 2 aromatic heterocycles. The predicted octanol–water partition coefficient (Wildman–Crippen LogP) is 4.40. The van der Waals surface area contributed by atoms with Crippen molar-refractivity contribution in [3.63, 3.8) is 0 Å². The second kappa shape index (κ2) is 9.01. The summed E-state index contributed by atoms with van der Waals surface area (Å²) in [4.78, 5) is 19.7. The van der Waals surface area contributed by atoms with Gasteiger partial charge in [0.05, 0.1) is 5.75 Å². The zero-order valence-corrected chi connectivity index (χ0v) is 17.2. The molecule has 1 aromatic carbocycles. The largest absolute Gasteiger partial charge is 0.341 e. The lowest BCUT2D eigenvalue weighted by Crippen LogP contribution is -2.28. The Morgan fingerprint density at radius 3 is 2.89 bits per heavy atom. The van der Waals surface area contributed by atoms with Crippen molar-refractivity contribution < 1.29 is 4.79 Å². The van der Waals surface area contributed by atoms with Gasteiger partial charge in [-0.2, -0.15) is 0 Å². The Hall–Kier alpha value is -2.38. The van der Waals surface area contributed by atoms with Crippen molar-refractivity contribution in [1.29, 1.82) is 0 Å². The second-order valence-corrected chi connectivity index (χ2v) is 8.24. The van der Waals surface area contributed by atoms with Crippen LogP contribution >= 0.6 is 23.1 Å². The van der Waals surface area contributed by atoms with Gasteiger partial charge in [0.2, 0.25) is 11.1 Å². The van der Waals surface area contributed by atoms with Crippen LogP contribution < -0.4 is 0 Å². The van der Waals surface area contributed by atoms with E-state index in [0.29, 0.717) is 23.3 Å². The maximum Gasteiger partial charge on any atom is 0.233 e. The molecular formula is C20H22N4OS2. The highest BCUT2D eigenvalue weighted by molar-refractivity contribution is 7.99. The first kappa shape index (κ1) is 19.4. The van der Waals surface area contributed by atoms with Crippen LogP contribution in [0.4, 0.5) is 0 Å². The molecule has 7 heteroatoms. The smallest absolute Gasteiger partial charge is 0.233 e. The quantitative estimate of drug-likeness (QED) is 0.599. The van der Waals surface area contributed by atoms with Crippen molar-refractivity contribution in [3.8, 4) is 0 Å². The van der Waals surface area contributed by atoms with Crippen molar-refractivity contribution >= 4 is 41.2 Å². The minimum atomic E-state index is 0.0560. The number of amides is 1. The van der Waals surface area contributed by atoms with E-state index >= 15 is 0 Å². The van der Waals surface area contributed by atoms with E-state index in [1.807, 2.05) is 36.7 Å². The van der Waals surface area contributed by atoms with Gasteiger partial charge in [-0.25, -0.2) is 4.98 Å². The van der Waals surface area contributed by atoms with Crippen LogP contribution in [-0.4, -0.2) is 38.8 Å². The number of thiophene rings is 1. The molecule has 0 spiro atoms. The van der Waals surface area contributed by atoms with Crippen LogP contribution in [0.15, 0.2) is 40.9 Å². The highest BCUT2D eigenvalue weighted by Crippen LogP contribution is 2.17. The molecule has 3 rings (SSSR count). The monoisotopic (exact) mass is 398 g/mol. The van der Waals surface area contributed by atoms with E-state index in [9.17, 15) is 4.79 Å². The summed E-state index contributed by atoms with van der Waals surface area (Å²) in [7, 11) is 1.83. The number of nitrogens with zero attached hydrogens (tertiary/aromatic N) is 3. The van der Waals surface area contributed by atoms with Gasteiger partial charge in [-0.3, -0.25) is 9.89 Å². The summed E-state index contributed by atoms with van der Waals surface area (Å²) in [6.45, 7) is 4.76. The Balaban J connectivity index is 1.51. The molecule has 5 nitrogen and oxygen atoms in total. The van der Waals surface area contributed by atoms with Gasteiger partial charge < -0.3 is 4.90 Å². The Labute approximate surface area is 167 Å². The van der Waals surface area contributed by atoms with Crippen molar-refractivity contribution in [3.05, 3.63) is 63.1 Å². The molecule has 0 radical (unpaired) electrons. The van der Waals surface area contributed by atoms with E-state index in [0.717, 1.165) is 4.88 Å². The number of benzene rings is 1. The third-order valence-corrected chi connectivity index (χ3v) is 5.76. The molecule has 3 aromatic rings. The van der Waals surface area contributed by atoms with Gasteiger partial charge in [0.15, 0.2) is 0 Å². The molecule has 0 unspecified atom stereocenters. The fraction of sp³-hybridized carbons (Fsp3) is 0.250. The lowest BCUT2D eigenvalue weighted by Gasteiger charge is -2.18. The first-order valence-electron chi connectivity index (χ1n) is 8.58. The highest BCUT2D eigenvalue weighted by Gasteiger charge is 2.13. The second-order valence-electron chi connectivity index (χ2n) is 6.32. The molecule has 0 aliphatic carbocycles. The van der Waals surface area contributed by atoms with Crippen LogP contribution in [0.1, 0.15) is 27.4 Å². The molecule has 27 heavy (non-hydrogen) atoms. The fourth-order valence-corrected chi connectivity index (χ4v) is 3.91. The Morgan fingerprint density at radius 2 is 2.15 bits per heavy atom. The zero-order chi connectivity index (χ0) is 19.2. The number of H-pyrrole nitrogens is 1. The van der Waals surface area contributed by atoms with Crippen molar-refractivity contribution in [2.45, 2.75) is 25.5 Å². The van der Waals surface area contributed by atoms with Gasteiger partial charge in [-0.15, -0.1) is 16.4 Å². The number of nitrogens with one attached hydrogen (secondary N) is 1. The standard InChI is InChI=1S/C20H22N4OS2/c1-14-6-7-16(15(2)11-14)12-24(3)19(25)13-27-20-21-18(22-23-20)9-8-17-5-4-10-26-17/h4-11H,12-13H2,1-3H3,(H,21,22,23)/b9-8+. The van der Waals surface area contributed by atoms with Crippen LogP contribution in [0.2, 0.25) is 0 Å². The van der Waals surface area contributed by atoms with Gasteiger partial charge in [0, 0.05) is 18.5 Å². The van der Waals surface area contributed by atoms with Gasteiger partial charge >= 0.3 is 0 Å². The summed E-state index contributed by atoms with van der Waals surface area (Å²) in [5.41, 5.74) is 3.60. The summed E-state index contributed by atoms with van der Waals surface area (Å²) >= 11 is 3.01. The minimum absolute atomic E-state index is 0.0560. The maximum absolute atomic E-state index is 12.4. The van der Waals surface area contributed by atoms with Crippen LogP contribution in [-0.2, 0) is 11.3 Å². The number of aromatic nitrogens is 3. The van der Waals surface area contributed by atoms with E-state index in [4.69, 9.17) is 0 Å². The topological polar surface area (TPSA) is 61.9 Å². The number of carbonyl (C=O) groups excluding carboxylic acids is 1. The summed E-state index contributed by atoms with van der Waals surface area (Å²) in [6.07, 6.45) is 3.87. The summed E-state index contributed by atoms with van der Waals surface area (Å²) in [5, 5.41) is 9.66. The molecule has 0 bridgehead atoms. The van der Waals surface area contributed by atoms with Crippen LogP contribution in [0.3, 0.4) is 0 Å². The van der Waals surface area contributed by atoms with Gasteiger partial charge in [0.25, 0.3) is 0 Å². The molecule has 2 heterocycles. The van der Waals surface area contributed by atoms with Crippen molar-refractivity contribution in [2.75, 3.05) is 12.8 Å². The Kier molecular flexibility index (Phi) is 6.47. The third kappa shape index (κ3) is 5.55. The molecule has 0 atom stereocenters. The number of aryl methyl sites for hydroxylation is 2. The third-order valence-electron chi connectivity index (χ3n) is 4.09. The number of rotatable bonds is 7.